The Labute approximate surface area is 97.4 Å². The van der Waals surface area contributed by atoms with Crippen molar-refractivity contribution in [1.82, 2.24) is 4.72 Å². The lowest BCUT2D eigenvalue weighted by atomic mass is 10.0. The molecular weight excluding hydrogens is 226 g/mol. The van der Waals surface area contributed by atoms with Crippen LogP contribution >= 0.6 is 0 Å². The van der Waals surface area contributed by atoms with Crippen LogP contribution in [-0.2, 0) is 10.0 Å². The molecule has 0 aromatic carbocycles. The van der Waals surface area contributed by atoms with Crippen LogP contribution in [0.1, 0.15) is 39.0 Å². The molecule has 0 saturated heterocycles. The summed E-state index contributed by atoms with van der Waals surface area (Å²) in [6.45, 7) is 1.96. The van der Waals surface area contributed by atoms with E-state index in [0.29, 0.717) is 6.42 Å². The number of nitrogens with one attached hydrogen (secondary N) is 2. The van der Waals surface area contributed by atoms with Gasteiger partial charge in [0.15, 0.2) is 0 Å². The number of unbranched alkanes of at least 4 members (excludes halogenated alkanes) is 1. The van der Waals surface area contributed by atoms with Crippen molar-refractivity contribution in [3.8, 4) is 0 Å². The second-order valence-electron chi connectivity index (χ2n) is 4.39. The van der Waals surface area contributed by atoms with Crippen molar-refractivity contribution in [3.05, 3.63) is 0 Å². The summed E-state index contributed by atoms with van der Waals surface area (Å²) in [5, 5.41) is 7.41. The zero-order valence-corrected chi connectivity index (χ0v) is 10.5. The standard InChI is InChI=1S/C10H21N3O2S/c1-2-3-7-16(14,15)13-9-6-4-5-8(9)10(11)12/h8-9,13H,2-7H2,1H3,(H3,11,12). The van der Waals surface area contributed by atoms with Crippen LogP contribution < -0.4 is 10.5 Å². The van der Waals surface area contributed by atoms with Crippen LogP contribution in [0.2, 0.25) is 0 Å². The molecule has 6 heteroatoms. The average molecular weight is 247 g/mol. The molecule has 1 fully saturated rings. The molecule has 1 rings (SSSR count). The first-order valence-corrected chi connectivity index (χ1v) is 7.45. The van der Waals surface area contributed by atoms with E-state index in [1.54, 1.807) is 0 Å². The Morgan fingerprint density at radius 2 is 2.19 bits per heavy atom. The van der Waals surface area contributed by atoms with Crippen molar-refractivity contribution in [1.29, 1.82) is 5.41 Å². The third-order valence-electron chi connectivity index (χ3n) is 3.01. The number of nitrogens with two attached hydrogens (primary N) is 1. The smallest absolute Gasteiger partial charge is 0.211 e. The fourth-order valence-electron chi connectivity index (χ4n) is 2.10. The molecule has 2 atom stereocenters. The van der Waals surface area contributed by atoms with Crippen molar-refractivity contribution < 1.29 is 8.42 Å². The quantitative estimate of drug-likeness (QED) is 0.478. The first-order chi connectivity index (χ1) is 7.46. The number of amidine groups is 1. The lowest BCUT2D eigenvalue weighted by Gasteiger charge is -2.19. The highest BCUT2D eigenvalue weighted by atomic mass is 32.2. The fraction of sp³-hybridized carbons (Fsp3) is 0.900. The molecule has 1 aliphatic rings. The van der Waals surface area contributed by atoms with E-state index in [9.17, 15) is 8.42 Å². The van der Waals surface area contributed by atoms with Gasteiger partial charge in [-0.1, -0.05) is 19.8 Å². The predicted octanol–water partition coefficient (Wildman–Crippen LogP) is 0.811. The molecule has 0 bridgehead atoms. The highest BCUT2D eigenvalue weighted by Crippen LogP contribution is 2.26. The first-order valence-electron chi connectivity index (χ1n) is 5.80. The van der Waals surface area contributed by atoms with E-state index in [2.05, 4.69) is 4.72 Å². The minimum absolute atomic E-state index is 0.0979. The second-order valence-corrected chi connectivity index (χ2v) is 6.26. The van der Waals surface area contributed by atoms with E-state index < -0.39 is 10.0 Å². The van der Waals surface area contributed by atoms with E-state index in [-0.39, 0.29) is 23.5 Å². The summed E-state index contributed by atoms with van der Waals surface area (Å²) in [5.74, 6) is 0.155. The van der Waals surface area contributed by atoms with Crippen LogP contribution in [0.5, 0.6) is 0 Å². The van der Waals surface area contributed by atoms with Crippen molar-refractivity contribution in [3.63, 3.8) is 0 Å². The average Bonchev–Trinajstić information content (AvgIpc) is 2.62. The summed E-state index contributed by atoms with van der Waals surface area (Å²) >= 11 is 0. The topological polar surface area (TPSA) is 96.0 Å². The Bertz CT molecular complexity index is 340. The maximum absolute atomic E-state index is 11.7. The van der Waals surface area contributed by atoms with Crippen LogP contribution in [0.15, 0.2) is 0 Å². The van der Waals surface area contributed by atoms with Gasteiger partial charge in [-0.05, 0) is 19.3 Å². The molecule has 16 heavy (non-hydrogen) atoms. The van der Waals surface area contributed by atoms with Gasteiger partial charge in [-0.3, -0.25) is 5.41 Å². The normalized spacial score (nSPS) is 25.8. The van der Waals surface area contributed by atoms with Crippen molar-refractivity contribution in [2.75, 3.05) is 5.75 Å². The summed E-state index contributed by atoms with van der Waals surface area (Å²) in [6, 6.07) is -0.167. The van der Waals surface area contributed by atoms with Crippen molar-refractivity contribution >= 4 is 15.9 Å². The fourth-order valence-corrected chi connectivity index (χ4v) is 3.63. The van der Waals surface area contributed by atoms with Gasteiger partial charge in [0, 0.05) is 12.0 Å². The lowest BCUT2D eigenvalue weighted by Crippen LogP contribution is -2.42. The third-order valence-corrected chi connectivity index (χ3v) is 4.50. The van der Waals surface area contributed by atoms with Crippen LogP contribution in [0, 0.1) is 11.3 Å². The number of rotatable bonds is 6. The molecular formula is C10H21N3O2S. The Morgan fingerprint density at radius 3 is 2.75 bits per heavy atom. The van der Waals surface area contributed by atoms with Gasteiger partial charge in [-0.2, -0.15) is 0 Å². The zero-order valence-electron chi connectivity index (χ0n) is 9.70. The molecule has 0 aliphatic heterocycles. The van der Waals surface area contributed by atoms with Crippen LogP contribution in [0.4, 0.5) is 0 Å². The maximum Gasteiger partial charge on any atom is 0.211 e. The van der Waals surface area contributed by atoms with Crippen molar-refractivity contribution in [2.24, 2.45) is 11.7 Å². The number of hydrogen-bond donors (Lipinski definition) is 3. The van der Waals surface area contributed by atoms with Gasteiger partial charge in [0.05, 0.1) is 11.6 Å². The monoisotopic (exact) mass is 247 g/mol. The Kier molecular flexibility index (Phi) is 4.73. The minimum Gasteiger partial charge on any atom is -0.387 e. The molecule has 1 aliphatic carbocycles. The number of sulfonamides is 1. The van der Waals surface area contributed by atoms with Crippen LogP contribution in [0.25, 0.3) is 0 Å². The van der Waals surface area contributed by atoms with Crippen LogP contribution in [-0.4, -0.2) is 26.0 Å². The molecule has 0 radical (unpaired) electrons. The molecule has 2 unspecified atom stereocenters. The van der Waals surface area contributed by atoms with Gasteiger partial charge in [-0.15, -0.1) is 0 Å². The van der Waals surface area contributed by atoms with E-state index in [1.165, 1.54) is 0 Å². The first kappa shape index (κ1) is 13.4. The van der Waals surface area contributed by atoms with E-state index in [1.807, 2.05) is 6.92 Å². The molecule has 4 N–H and O–H groups in total. The summed E-state index contributed by atoms with van der Waals surface area (Å²) < 4.78 is 26.1. The summed E-state index contributed by atoms with van der Waals surface area (Å²) in [4.78, 5) is 0. The van der Waals surface area contributed by atoms with E-state index in [0.717, 1.165) is 25.7 Å². The molecule has 0 aromatic heterocycles. The third kappa shape index (κ3) is 3.75. The van der Waals surface area contributed by atoms with Gasteiger partial charge >= 0.3 is 0 Å². The lowest BCUT2D eigenvalue weighted by molar-refractivity contribution is 0.520. The minimum atomic E-state index is -3.20. The molecule has 5 nitrogen and oxygen atoms in total. The Balaban J connectivity index is 2.56. The van der Waals surface area contributed by atoms with Crippen molar-refractivity contribution in [2.45, 2.75) is 45.1 Å². The molecule has 0 amide bonds. The predicted molar refractivity (Wildman–Crippen MR) is 64.9 cm³/mol. The van der Waals surface area contributed by atoms with Gasteiger partial charge in [-0.25, -0.2) is 13.1 Å². The molecule has 0 heterocycles. The highest BCUT2D eigenvalue weighted by Gasteiger charge is 2.32. The van der Waals surface area contributed by atoms with E-state index >= 15 is 0 Å². The highest BCUT2D eigenvalue weighted by molar-refractivity contribution is 7.89. The SMILES string of the molecule is CCCCS(=O)(=O)NC1CCCC1C(=N)N. The molecule has 0 aromatic rings. The molecule has 94 valence electrons. The zero-order chi connectivity index (χ0) is 12.2. The summed E-state index contributed by atoms with van der Waals surface area (Å²) in [7, 11) is -3.20. The Morgan fingerprint density at radius 1 is 1.50 bits per heavy atom. The van der Waals surface area contributed by atoms with Gasteiger partial charge in [0.2, 0.25) is 10.0 Å². The van der Waals surface area contributed by atoms with Gasteiger partial charge in [0.25, 0.3) is 0 Å². The maximum atomic E-state index is 11.7. The summed E-state index contributed by atoms with van der Waals surface area (Å²) in [6.07, 6.45) is 4.08. The largest absolute Gasteiger partial charge is 0.387 e. The van der Waals surface area contributed by atoms with Gasteiger partial charge in [0.1, 0.15) is 0 Å². The van der Waals surface area contributed by atoms with Crippen LogP contribution in [0.3, 0.4) is 0 Å². The molecule has 1 saturated carbocycles. The van der Waals surface area contributed by atoms with Gasteiger partial charge < -0.3 is 5.73 Å². The Hall–Kier alpha value is -0.620. The number of hydrogen-bond acceptors (Lipinski definition) is 3. The van der Waals surface area contributed by atoms with E-state index in [4.69, 9.17) is 11.1 Å². The second kappa shape index (κ2) is 5.63. The summed E-state index contributed by atoms with van der Waals surface area (Å²) in [5.41, 5.74) is 5.46. The molecule has 0 spiro atoms.